The van der Waals surface area contributed by atoms with Crippen LogP contribution in [0.2, 0.25) is 0 Å². The summed E-state index contributed by atoms with van der Waals surface area (Å²) in [5.41, 5.74) is 1.13. The highest BCUT2D eigenvalue weighted by molar-refractivity contribution is 5.84. The second-order valence-electron chi connectivity index (χ2n) is 9.39. The number of imidazole rings is 1. The zero-order valence-corrected chi connectivity index (χ0v) is 18.9. The van der Waals surface area contributed by atoms with E-state index in [1.54, 1.807) is 16.5 Å². The van der Waals surface area contributed by atoms with Crippen molar-refractivity contribution in [2.45, 2.75) is 57.1 Å². The van der Waals surface area contributed by atoms with Crippen LogP contribution in [0.25, 0.3) is 28.1 Å². The fourth-order valence-electron chi connectivity index (χ4n) is 5.36. The highest BCUT2D eigenvalue weighted by atomic mass is 19.1. The molecule has 0 spiro atoms. The monoisotopic (exact) mass is 466 g/mol. The van der Waals surface area contributed by atoms with Gasteiger partial charge in [0.1, 0.15) is 28.9 Å². The highest BCUT2D eigenvalue weighted by Gasteiger charge is 2.26. The first kappa shape index (κ1) is 21.4. The van der Waals surface area contributed by atoms with Crippen molar-refractivity contribution in [3.63, 3.8) is 0 Å². The van der Waals surface area contributed by atoms with Crippen LogP contribution < -0.4 is 5.56 Å². The van der Waals surface area contributed by atoms with Crippen molar-refractivity contribution in [3.05, 3.63) is 46.6 Å². The van der Waals surface area contributed by atoms with Gasteiger partial charge in [-0.15, -0.1) is 0 Å². The largest absolute Gasteiger partial charge is 0.393 e. The van der Waals surface area contributed by atoms with Crippen molar-refractivity contribution in [1.29, 1.82) is 0 Å². The number of hydrogen-bond acceptors (Lipinski definition) is 7. The Morgan fingerprint density at radius 2 is 1.88 bits per heavy atom. The summed E-state index contributed by atoms with van der Waals surface area (Å²) in [5, 5.41) is 13.9. The topological polar surface area (TPSA) is 102 Å². The summed E-state index contributed by atoms with van der Waals surface area (Å²) in [4.78, 5) is 24.9. The van der Waals surface area contributed by atoms with E-state index in [1.807, 2.05) is 0 Å². The predicted molar refractivity (Wildman–Crippen MR) is 123 cm³/mol. The lowest BCUT2D eigenvalue weighted by Gasteiger charge is -2.29. The third kappa shape index (κ3) is 3.61. The number of benzene rings is 1. The van der Waals surface area contributed by atoms with Gasteiger partial charge in [-0.1, -0.05) is 24.1 Å². The number of halogens is 1. The minimum absolute atomic E-state index is 0.251. The molecule has 0 unspecified atom stereocenters. The number of aromatic nitrogens is 5. The number of nitrogens with zero attached hydrogens (tertiary/aromatic N) is 6. The predicted octanol–water partition coefficient (Wildman–Crippen LogP) is 2.95. The number of fused-ring (bicyclic) bond motifs is 3. The molecule has 0 radical (unpaired) electrons. The maximum Gasteiger partial charge on any atom is 0.277 e. The molecule has 178 valence electrons. The van der Waals surface area contributed by atoms with Crippen LogP contribution in [-0.4, -0.2) is 59.8 Å². The van der Waals surface area contributed by atoms with Gasteiger partial charge in [0, 0.05) is 32.1 Å². The first-order valence-electron chi connectivity index (χ1n) is 12.0. The molecule has 3 aromatic heterocycles. The van der Waals surface area contributed by atoms with E-state index in [9.17, 15) is 14.3 Å². The van der Waals surface area contributed by atoms with Crippen molar-refractivity contribution in [2.24, 2.45) is 0 Å². The molecule has 1 saturated heterocycles. The molecular weight excluding hydrogens is 439 g/mol. The van der Waals surface area contributed by atoms with Gasteiger partial charge in [-0.2, -0.15) is 4.98 Å². The fraction of sp³-hybridized carbons (Fsp3) is 0.500. The van der Waals surface area contributed by atoms with Crippen LogP contribution in [0.3, 0.4) is 0 Å². The van der Waals surface area contributed by atoms with Crippen molar-refractivity contribution in [1.82, 2.24) is 29.0 Å². The number of aliphatic hydroxyl groups excluding tert-OH is 1. The first-order chi connectivity index (χ1) is 16.6. The molecule has 10 heteroatoms. The van der Waals surface area contributed by atoms with E-state index in [1.165, 1.54) is 17.0 Å². The molecule has 0 amide bonds. The van der Waals surface area contributed by atoms with Crippen LogP contribution >= 0.6 is 0 Å². The van der Waals surface area contributed by atoms with E-state index in [2.05, 4.69) is 20.0 Å². The maximum atomic E-state index is 15.0. The lowest BCUT2D eigenvalue weighted by molar-refractivity contribution is 0.0810. The normalized spacial score (nSPS) is 18.5. The Bertz CT molecular complexity index is 1400. The van der Waals surface area contributed by atoms with Crippen LogP contribution in [-0.2, 0) is 6.54 Å². The summed E-state index contributed by atoms with van der Waals surface area (Å²) >= 11 is 0. The molecule has 6 rings (SSSR count). The molecule has 0 atom stereocenters. The maximum absolute atomic E-state index is 15.0. The van der Waals surface area contributed by atoms with E-state index in [-0.39, 0.29) is 28.9 Å². The van der Waals surface area contributed by atoms with E-state index < -0.39 is 5.82 Å². The second kappa shape index (κ2) is 8.59. The van der Waals surface area contributed by atoms with Crippen molar-refractivity contribution < 1.29 is 14.0 Å². The molecule has 1 N–H and O–H groups in total. The molecule has 34 heavy (non-hydrogen) atoms. The zero-order valence-electron chi connectivity index (χ0n) is 18.9. The standard InChI is InChI=1S/C24H27FN6O3/c25-17-6-3-7-18-20(17)30(13-12-29-10-8-16(32)9-11-29)24(33)21-19(26-14-31(18)21)22-27-23(34-28-22)15-4-1-2-5-15/h3,6-7,14-16,32H,1-2,4-5,8-13H2. The first-order valence-corrected chi connectivity index (χ1v) is 12.0. The number of hydrogen-bond donors (Lipinski definition) is 1. The van der Waals surface area contributed by atoms with Gasteiger partial charge in [-0.05, 0) is 37.8 Å². The van der Waals surface area contributed by atoms with E-state index in [4.69, 9.17) is 4.52 Å². The highest BCUT2D eigenvalue weighted by Crippen LogP contribution is 2.34. The van der Waals surface area contributed by atoms with E-state index >= 15 is 0 Å². The van der Waals surface area contributed by atoms with Crippen molar-refractivity contribution in [3.8, 4) is 11.5 Å². The fourth-order valence-corrected chi connectivity index (χ4v) is 5.36. The number of piperidine rings is 1. The Morgan fingerprint density at radius 3 is 2.68 bits per heavy atom. The zero-order chi connectivity index (χ0) is 23.2. The lowest BCUT2D eigenvalue weighted by Crippen LogP contribution is -2.39. The van der Waals surface area contributed by atoms with Crippen LogP contribution in [0.4, 0.5) is 4.39 Å². The lowest BCUT2D eigenvalue weighted by atomic mass is 10.1. The number of aliphatic hydroxyl groups is 1. The van der Waals surface area contributed by atoms with Crippen LogP contribution in [0.5, 0.6) is 0 Å². The molecule has 0 bridgehead atoms. The van der Waals surface area contributed by atoms with Gasteiger partial charge < -0.3 is 19.1 Å². The minimum atomic E-state index is -0.455. The average molecular weight is 467 g/mol. The molecule has 1 aliphatic carbocycles. The van der Waals surface area contributed by atoms with Gasteiger partial charge in [-0.3, -0.25) is 9.20 Å². The van der Waals surface area contributed by atoms with Crippen LogP contribution in [0.1, 0.15) is 50.3 Å². The summed E-state index contributed by atoms with van der Waals surface area (Å²) in [6.07, 6.45) is 7.00. The Labute approximate surface area is 194 Å². The van der Waals surface area contributed by atoms with E-state index in [0.29, 0.717) is 48.5 Å². The third-order valence-corrected chi connectivity index (χ3v) is 7.27. The van der Waals surface area contributed by atoms with Gasteiger partial charge in [0.15, 0.2) is 0 Å². The molecule has 2 aliphatic rings. The smallest absolute Gasteiger partial charge is 0.277 e. The van der Waals surface area contributed by atoms with Crippen LogP contribution in [0, 0.1) is 5.82 Å². The summed E-state index contributed by atoms with van der Waals surface area (Å²) in [5.74, 6) is 0.676. The Kier molecular flexibility index (Phi) is 5.41. The quantitative estimate of drug-likeness (QED) is 0.483. The molecule has 9 nitrogen and oxygen atoms in total. The van der Waals surface area contributed by atoms with Crippen LogP contribution in [0.15, 0.2) is 33.8 Å². The minimum Gasteiger partial charge on any atom is -0.393 e. The molecule has 4 heterocycles. The molecule has 4 aromatic rings. The molecular formula is C24H27FN6O3. The second-order valence-corrected chi connectivity index (χ2v) is 9.39. The summed E-state index contributed by atoms with van der Waals surface area (Å²) in [6.45, 7) is 2.42. The van der Waals surface area contributed by atoms with E-state index in [0.717, 1.165) is 38.8 Å². The van der Waals surface area contributed by atoms with Crippen molar-refractivity contribution in [2.75, 3.05) is 19.6 Å². The summed E-state index contributed by atoms with van der Waals surface area (Å²) in [7, 11) is 0. The Hall–Kier alpha value is -3.11. The number of rotatable bonds is 5. The number of likely N-dealkylation sites (tertiary alicyclic amines) is 1. The molecule has 2 fully saturated rings. The van der Waals surface area contributed by atoms with Gasteiger partial charge in [0.2, 0.25) is 11.7 Å². The summed E-state index contributed by atoms with van der Waals surface area (Å²) < 4.78 is 23.6. The van der Waals surface area contributed by atoms with Gasteiger partial charge in [0.05, 0.1) is 11.6 Å². The van der Waals surface area contributed by atoms with Crippen molar-refractivity contribution >= 4 is 16.6 Å². The molecule has 1 aliphatic heterocycles. The number of para-hydroxylation sites is 1. The summed E-state index contributed by atoms with van der Waals surface area (Å²) in [6, 6.07) is 4.78. The van der Waals surface area contributed by atoms with Gasteiger partial charge >= 0.3 is 0 Å². The van der Waals surface area contributed by atoms with Gasteiger partial charge in [0.25, 0.3) is 5.56 Å². The molecule has 1 saturated carbocycles. The Morgan fingerprint density at radius 1 is 1.09 bits per heavy atom. The molecule has 1 aromatic carbocycles. The third-order valence-electron chi connectivity index (χ3n) is 7.27. The SMILES string of the molecule is O=c1c2c(-c3noc(C4CCCC4)n3)ncn2c2cccc(F)c2n1CCN1CCC(O)CC1. The Balaban J connectivity index is 1.44. The van der Waals surface area contributed by atoms with Gasteiger partial charge in [-0.25, -0.2) is 9.37 Å². The average Bonchev–Trinajstić information content (AvgIpc) is 3.60.